The molecule has 3 aromatic rings. The monoisotopic (exact) mass is 266 g/mol. The maximum Gasteiger partial charge on any atom is 0.251 e. The zero-order valence-electron chi connectivity index (χ0n) is 10.8. The molecule has 0 radical (unpaired) electrons. The molecule has 3 rings (SSSR count). The molecule has 0 aliphatic heterocycles. The van der Waals surface area contributed by atoms with Crippen LogP contribution in [0.3, 0.4) is 0 Å². The predicted octanol–water partition coefficient (Wildman–Crippen LogP) is 2.08. The van der Waals surface area contributed by atoms with E-state index in [4.69, 9.17) is 5.73 Å². The Morgan fingerprint density at radius 3 is 2.80 bits per heavy atom. The van der Waals surface area contributed by atoms with Gasteiger partial charge in [0.2, 0.25) is 0 Å². The molecule has 4 N–H and O–H groups in total. The molecule has 100 valence electrons. The average Bonchev–Trinajstić information content (AvgIpc) is 2.93. The van der Waals surface area contributed by atoms with Crippen molar-refractivity contribution in [3.05, 3.63) is 59.8 Å². The van der Waals surface area contributed by atoms with Crippen LogP contribution in [0.15, 0.2) is 48.7 Å². The van der Waals surface area contributed by atoms with E-state index in [-0.39, 0.29) is 5.91 Å². The number of carbonyl (C=O) groups is 1. The number of fused-ring (bicyclic) bond motifs is 1. The van der Waals surface area contributed by atoms with Gasteiger partial charge in [-0.1, -0.05) is 18.2 Å². The van der Waals surface area contributed by atoms with Crippen molar-refractivity contribution >= 4 is 22.5 Å². The number of nitrogens with one attached hydrogen (secondary N) is 2. The smallest absolute Gasteiger partial charge is 0.251 e. The summed E-state index contributed by atoms with van der Waals surface area (Å²) in [5, 5.41) is 10.6. The fourth-order valence-electron chi connectivity index (χ4n) is 2.00. The van der Waals surface area contributed by atoms with Crippen LogP contribution in [0.1, 0.15) is 15.9 Å². The van der Waals surface area contributed by atoms with Gasteiger partial charge in [0.15, 0.2) is 0 Å². The number of amides is 1. The molecule has 20 heavy (non-hydrogen) atoms. The number of anilines is 1. The molecule has 0 atom stereocenters. The van der Waals surface area contributed by atoms with Gasteiger partial charge in [0.1, 0.15) is 0 Å². The largest absolute Gasteiger partial charge is 0.399 e. The first-order valence-electron chi connectivity index (χ1n) is 6.28. The third-order valence-electron chi connectivity index (χ3n) is 3.14. The summed E-state index contributed by atoms with van der Waals surface area (Å²) in [7, 11) is 0. The lowest BCUT2D eigenvalue weighted by Crippen LogP contribution is -2.22. The Kier molecular flexibility index (Phi) is 3.09. The topological polar surface area (TPSA) is 83.8 Å². The number of carbonyl (C=O) groups excluding carboxylic acids is 1. The van der Waals surface area contributed by atoms with Crippen molar-refractivity contribution in [3.8, 4) is 0 Å². The molecule has 0 unspecified atom stereocenters. The van der Waals surface area contributed by atoms with Gasteiger partial charge >= 0.3 is 0 Å². The summed E-state index contributed by atoms with van der Waals surface area (Å²) in [5.74, 6) is -0.113. The van der Waals surface area contributed by atoms with Crippen LogP contribution in [0.5, 0.6) is 0 Å². The number of H-pyrrole nitrogens is 1. The Morgan fingerprint density at radius 2 is 2.00 bits per heavy atom. The van der Waals surface area contributed by atoms with Crippen LogP contribution in [-0.4, -0.2) is 16.1 Å². The van der Waals surface area contributed by atoms with Crippen LogP contribution in [0.4, 0.5) is 5.69 Å². The highest BCUT2D eigenvalue weighted by Gasteiger charge is 2.06. The molecular formula is C15H14N4O. The first-order chi connectivity index (χ1) is 9.72. The van der Waals surface area contributed by atoms with E-state index in [0.29, 0.717) is 17.8 Å². The van der Waals surface area contributed by atoms with Gasteiger partial charge in [-0.05, 0) is 29.8 Å². The van der Waals surface area contributed by atoms with Crippen molar-refractivity contribution in [2.75, 3.05) is 5.73 Å². The lowest BCUT2D eigenvalue weighted by atomic mass is 10.1. The molecule has 0 bridgehead atoms. The minimum atomic E-state index is -0.113. The van der Waals surface area contributed by atoms with Gasteiger partial charge in [-0.3, -0.25) is 9.89 Å². The van der Waals surface area contributed by atoms with Crippen LogP contribution >= 0.6 is 0 Å². The van der Waals surface area contributed by atoms with E-state index in [0.717, 1.165) is 16.5 Å². The fourth-order valence-corrected chi connectivity index (χ4v) is 2.00. The number of benzene rings is 2. The second-order valence-electron chi connectivity index (χ2n) is 4.60. The molecule has 5 nitrogen and oxygen atoms in total. The number of aromatic nitrogens is 2. The van der Waals surface area contributed by atoms with E-state index in [1.165, 1.54) is 0 Å². The van der Waals surface area contributed by atoms with Gasteiger partial charge in [-0.2, -0.15) is 5.10 Å². The van der Waals surface area contributed by atoms with Gasteiger partial charge in [0, 0.05) is 23.2 Å². The Balaban J connectivity index is 1.70. The first-order valence-corrected chi connectivity index (χ1v) is 6.28. The zero-order valence-corrected chi connectivity index (χ0v) is 10.8. The predicted molar refractivity (Wildman–Crippen MR) is 78.1 cm³/mol. The fraction of sp³-hybridized carbons (Fsp3) is 0.0667. The Hall–Kier alpha value is -2.82. The quantitative estimate of drug-likeness (QED) is 0.634. The Labute approximate surface area is 115 Å². The van der Waals surface area contributed by atoms with Crippen molar-refractivity contribution in [3.63, 3.8) is 0 Å². The number of rotatable bonds is 3. The molecule has 0 aliphatic carbocycles. The molecular weight excluding hydrogens is 252 g/mol. The SMILES string of the molecule is Nc1ccc(CNC(=O)c2ccc3cn[nH]c3c2)cc1. The summed E-state index contributed by atoms with van der Waals surface area (Å²) in [5.41, 5.74) is 8.80. The Morgan fingerprint density at radius 1 is 1.20 bits per heavy atom. The molecule has 5 heteroatoms. The van der Waals surface area contributed by atoms with E-state index >= 15 is 0 Å². The maximum atomic E-state index is 12.1. The van der Waals surface area contributed by atoms with E-state index in [9.17, 15) is 4.79 Å². The van der Waals surface area contributed by atoms with Crippen LogP contribution in [0.2, 0.25) is 0 Å². The van der Waals surface area contributed by atoms with Crippen LogP contribution in [0.25, 0.3) is 10.9 Å². The van der Waals surface area contributed by atoms with Crippen molar-refractivity contribution in [2.24, 2.45) is 0 Å². The standard InChI is InChI=1S/C15H14N4O/c16-13-5-1-10(2-6-13)8-17-15(20)11-3-4-12-9-18-19-14(12)7-11/h1-7,9H,8,16H2,(H,17,20)(H,18,19). The normalized spacial score (nSPS) is 10.6. The summed E-state index contributed by atoms with van der Waals surface area (Å²) in [6.45, 7) is 0.472. The molecule has 1 aromatic heterocycles. The number of nitrogens with zero attached hydrogens (tertiary/aromatic N) is 1. The third-order valence-corrected chi connectivity index (χ3v) is 3.14. The van der Waals surface area contributed by atoms with Gasteiger partial charge in [-0.25, -0.2) is 0 Å². The number of nitrogen functional groups attached to an aromatic ring is 1. The molecule has 0 saturated carbocycles. The molecule has 1 heterocycles. The van der Waals surface area contributed by atoms with Gasteiger partial charge in [0.05, 0.1) is 11.7 Å². The van der Waals surface area contributed by atoms with E-state index in [1.54, 1.807) is 18.3 Å². The minimum absolute atomic E-state index is 0.113. The van der Waals surface area contributed by atoms with Crippen LogP contribution in [0, 0.1) is 0 Å². The highest BCUT2D eigenvalue weighted by molar-refractivity contribution is 5.97. The summed E-state index contributed by atoms with van der Waals surface area (Å²) in [4.78, 5) is 12.1. The zero-order chi connectivity index (χ0) is 13.9. The van der Waals surface area contributed by atoms with Crippen molar-refractivity contribution in [1.82, 2.24) is 15.5 Å². The second kappa shape index (κ2) is 5.05. The lowest BCUT2D eigenvalue weighted by Gasteiger charge is -2.06. The number of nitrogens with two attached hydrogens (primary N) is 1. The van der Waals surface area contributed by atoms with E-state index in [1.807, 2.05) is 30.3 Å². The number of hydrogen-bond acceptors (Lipinski definition) is 3. The van der Waals surface area contributed by atoms with Crippen molar-refractivity contribution in [1.29, 1.82) is 0 Å². The molecule has 0 saturated heterocycles. The highest BCUT2D eigenvalue weighted by Crippen LogP contribution is 2.13. The van der Waals surface area contributed by atoms with Gasteiger partial charge in [-0.15, -0.1) is 0 Å². The average molecular weight is 266 g/mol. The lowest BCUT2D eigenvalue weighted by molar-refractivity contribution is 0.0951. The molecule has 1 amide bonds. The van der Waals surface area contributed by atoms with Crippen LogP contribution in [-0.2, 0) is 6.54 Å². The Bertz CT molecular complexity index is 746. The third kappa shape index (κ3) is 2.47. The van der Waals surface area contributed by atoms with Crippen LogP contribution < -0.4 is 11.1 Å². The summed E-state index contributed by atoms with van der Waals surface area (Å²) in [6, 6.07) is 12.9. The van der Waals surface area contributed by atoms with Gasteiger partial charge in [0.25, 0.3) is 5.91 Å². The minimum Gasteiger partial charge on any atom is -0.399 e. The van der Waals surface area contributed by atoms with Crippen molar-refractivity contribution < 1.29 is 4.79 Å². The van der Waals surface area contributed by atoms with Gasteiger partial charge < -0.3 is 11.1 Å². The molecule has 0 spiro atoms. The van der Waals surface area contributed by atoms with Crippen molar-refractivity contribution in [2.45, 2.75) is 6.54 Å². The summed E-state index contributed by atoms with van der Waals surface area (Å²) in [6.07, 6.45) is 1.73. The summed E-state index contributed by atoms with van der Waals surface area (Å²) < 4.78 is 0. The number of hydrogen-bond donors (Lipinski definition) is 3. The van der Waals surface area contributed by atoms with E-state index < -0.39 is 0 Å². The van der Waals surface area contributed by atoms with E-state index in [2.05, 4.69) is 15.5 Å². The first kappa shape index (κ1) is 12.2. The molecule has 0 fully saturated rings. The molecule has 0 aliphatic rings. The highest BCUT2D eigenvalue weighted by atomic mass is 16.1. The molecule has 2 aromatic carbocycles. The second-order valence-corrected chi connectivity index (χ2v) is 4.60. The summed E-state index contributed by atoms with van der Waals surface area (Å²) >= 11 is 0. The maximum absolute atomic E-state index is 12.1. The number of aromatic amines is 1.